The Morgan fingerprint density at radius 1 is 1.04 bits per heavy atom. The summed E-state index contributed by atoms with van der Waals surface area (Å²) in [5, 5.41) is 24.8. The zero-order valence-electron chi connectivity index (χ0n) is 13.6. The van der Waals surface area contributed by atoms with E-state index in [2.05, 4.69) is 16.0 Å². The van der Waals surface area contributed by atoms with Crippen molar-refractivity contribution in [2.45, 2.75) is 45.7 Å². The first-order chi connectivity index (χ1) is 10.7. The zero-order chi connectivity index (χ0) is 18.0. The second kappa shape index (κ2) is 10.5. The summed E-state index contributed by atoms with van der Waals surface area (Å²) in [6.07, 6.45) is 0.814. The number of hydrogen-bond acceptors (Lipinski definition) is 5. The highest BCUT2D eigenvalue weighted by atomic mass is 16.4. The summed E-state index contributed by atoms with van der Waals surface area (Å²) in [6.45, 7) is 3.98. The van der Waals surface area contributed by atoms with Gasteiger partial charge >= 0.3 is 5.97 Å². The van der Waals surface area contributed by atoms with Gasteiger partial charge in [-0.3, -0.25) is 19.2 Å². The highest BCUT2D eigenvalue weighted by Gasteiger charge is 2.28. The number of aliphatic hydroxyl groups excluding tert-OH is 1. The normalized spacial score (nSPS) is 13.1. The third-order valence-corrected chi connectivity index (χ3v) is 2.97. The molecule has 0 spiro atoms. The van der Waals surface area contributed by atoms with Gasteiger partial charge in [-0.25, -0.2) is 0 Å². The molecule has 0 aliphatic rings. The number of aliphatic carboxylic acids is 1. The molecular formula is C14H25N3O6. The van der Waals surface area contributed by atoms with Crippen molar-refractivity contribution in [3.63, 3.8) is 0 Å². The molecule has 0 aromatic heterocycles. The van der Waals surface area contributed by atoms with Gasteiger partial charge in [0, 0.05) is 6.42 Å². The molecule has 0 aromatic rings. The second-order valence-electron chi connectivity index (χ2n) is 5.39. The van der Waals surface area contributed by atoms with Gasteiger partial charge in [-0.2, -0.15) is 0 Å². The number of rotatable bonds is 10. The summed E-state index contributed by atoms with van der Waals surface area (Å²) in [6, 6.07) is -2.14. The van der Waals surface area contributed by atoms with E-state index in [9.17, 15) is 24.3 Å². The zero-order valence-corrected chi connectivity index (χ0v) is 13.6. The van der Waals surface area contributed by atoms with Crippen LogP contribution in [0.25, 0.3) is 0 Å². The van der Waals surface area contributed by atoms with Gasteiger partial charge in [-0.1, -0.05) is 20.8 Å². The molecule has 9 nitrogen and oxygen atoms in total. The minimum Gasteiger partial charge on any atom is -0.480 e. The van der Waals surface area contributed by atoms with Crippen molar-refractivity contribution in [1.82, 2.24) is 16.0 Å². The van der Waals surface area contributed by atoms with Crippen LogP contribution in [0.4, 0.5) is 0 Å². The number of amides is 3. The fraction of sp³-hybridized carbons (Fsp3) is 0.714. The number of nitrogens with one attached hydrogen (secondary N) is 3. The van der Waals surface area contributed by atoms with Crippen LogP contribution in [0.5, 0.6) is 0 Å². The van der Waals surface area contributed by atoms with Gasteiger partial charge in [0.15, 0.2) is 0 Å². The van der Waals surface area contributed by atoms with E-state index in [4.69, 9.17) is 5.11 Å². The average Bonchev–Trinajstić information content (AvgIpc) is 2.47. The lowest BCUT2D eigenvalue weighted by molar-refractivity contribution is -0.139. The van der Waals surface area contributed by atoms with Crippen LogP contribution in [0.3, 0.4) is 0 Å². The van der Waals surface area contributed by atoms with Crippen molar-refractivity contribution in [2.75, 3.05) is 13.2 Å². The topological polar surface area (TPSA) is 145 Å². The third kappa shape index (κ3) is 8.15. The van der Waals surface area contributed by atoms with E-state index >= 15 is 0 Å². The lowest BCUT2D eigenvalue weighted by Gasteiger charge is -2.24. The summed E-state index contributed by atoms with van der Waals surface area (Å²) in [5.41, 5.74) is 0. The van der Waals surface area contributed by atoms with Crippen LogP contribution in [-0.4, -0.2) is 59.1 Å². The van der Waals surface area contributed by atoms with Crippen molar-refractivity contribution in [3.8, 4) is 0 Å². The molecule has 0 saturated carbocycles. The predicted molar refractivity (Wildman–Crippen MR) is 81.3 cm³/mol. The van der Waals surface area contributed by atoms with Crippen molar-refractivity contribution < 1.29 is 29.4 Å². The van der Waals surface area contributed by atoms with E-state index < -0.39 is 43.0 Å². The molecule has 2 atom stereocenters. The Bertz CT molecular complexity index is 438. The number of hydrogen-bond donors (Lipinski definition) is 5. The summed E-state index contributed by atoms with van der Waals surface area (Å²) in [4.78, 5) is 46.0. The molecule has 0 radical (unpaired) electrons. The van der Waals surface area contributed by atoms with Crippen LogP contribution in [0.2, 0.25) is 0 Å². The first-order valence-electron chi connectivity index (χ1n) is 7.43. The van der Waals surface area contributed by atoms with E-state index in [1.165, 1.54) is 0 Å². The maximum Gasteiger partial charge on any atom is 0.322 e. The van der Waals surface area contributed by atoms with Gasteiger partial charge in [-0.05, 0) is 12.3 Å². The predicted octanol–water partition coefficient (Wildman–Crippen LogP) is -1.39. The molecule has 0 aliphatic heterocycles. The van der Waals surface area contributed by atoms with Gasteiger partial charge in [0.2, 0.25) is 17.7 Å². The first-order valence-corrected chi connectivity index (χ1v) is 7.43. The molecule has 0 heterocycles. The highest BCUT2D eigenvalue weighted by molar-refractivity contribution is 5.93. The van der Waals surface area contributed by atoms with E-state index in [-0.39, 0.29) is 18.2 Å². The van der Waals surface area contributed by atoms with E-state index in [0.29, 0.717) is 6.42 Å². The van der Waals surface area contributed by atoms with Crippen LogP contribution < -0.4 is 16.0 Å². The smallest absolute Gasteiger partial charge is 0.322 e. The Morgan fingerprint density at radius 2 is 1.65 bits per heavy atom. The molecule has 0 rings (SSSR count). The number of carbonyl (C=O) groups excluding carboxylic acids is 3. The first kappa shape index (κ1) is 20.8. The van der Waals surface area contributed by atoms with Crippen LogP contribution in [0.1, 0.15) is 33.6 Å². The van der Waals surface area contributed by atoms with E-state index in [1.54, 1.807) is 20.8 Å². The summed E-state index contributed by atoms with van der Waals surface area (Å²) in [5.74, 6) is -3.24. The fourth-order valence-electron chi connectivity index (χ4n) is 1.75. The monoisotopic (exact) mass is 331 g/mol. The number of carboxylic acids is 1. The minimum atomic E-state index is -1.20. The maximum absolute atomic E-state index is 12.1. The maximum atomic E-state index is 12.1. The molecular weight excluding hydrogens is 306 g/mol. The largest absolute Gasteiger partial charge is 0.480 e. The standard InChI is InChI=1S/C14H25N3O6/c1-4-5-10(19)16-9(7-18)13(22)17-12(8(2)3)14(23)15-6-11(20)21/h8-9,12,18H,4-7H2,1-3H3,(H,15,23)(H,16,19)(H,17,22)(H,20,21). The minimum absolute atomic E-state index is 0.219. The average molecular weight is 331 g/mol. The van der Waals surface area contributed by atoms with Crippen LogP contribution >= 0.6 is 0 Å². The lowest BCUT2D eigenvalue weighted by atomic mass is 10.0. The summed E-state index contributed by atoms with van der Waals surface area (Å²) < 4.78 is 0. The fourth-order valence-corrected chi connectivity index (χ4v) is 1.75. The van der Waals surface area contributed by atoms with Crippen molar-refractivity contribution in [1.29, 1.82) is 0 Å². The van der Waals surface area contributed by atoms with E-state index in [1.807, 2.05) is 0 Å². The van der Waals surface area contributed by atoms with Crippen molar-refractivity contribution in [2.24, 2.45) is 5.92 Å². The molecule has 0 bridgehead atoms. The molecule has 5 N–H and O–H groups in total. The molecule has 0 aromatic carbocycles. The molecule has 132 valence electrons. The number of carbonyl (C=O) groups is 4. The number of aliphatic hydroxyl groups is 1. The SMILES string of the molecule is CCCC(=O)NC(CO)C(=O)NC(C(=O)NCC(=O)O)C(C)C. The van der Waals surface area contributed by atoms with Crippen molar-refractivity contribution in [3.05, 3.63) is 0 Å². The van der Waals surface area contributed by atoms with Gasteiger partial charge in [0.05, 0.1) is 6.61 Å². The van der Waals surface area contributed by atoms with Gasteiger partial charge < -0.3 is 26.2 Å². The lowest BCUT2D eigenvalue weighted by Crippen LogP contribution is -2.56. The Kier molecular flexibility index (Phi) is 9.56. The molecule has 23 heavy (non-hydrogen) atoms. The molecule has 3 amide bonds. The van der Waals surface area contributed by atoms with Crippen LogP contribution in [0, 0.1) is 5.92 Å². The third-order valence-electron chi connectivity index (χ3n) is 2.97. The molecule has 0 saturated heterocycles. The second-order valence-corrected chi connectivity index (χ2v) is 5.39. The quantitative estimate of drug-likeness (QED) is 0.333. The van der Waals surface area contributed by atoms with Gasteiger partial charge in [-0.15, -0.1) is 0 Å². The van der Waals surface area contributed by atoms with Crippen LogP contribution in [-0.2, 0) is 19.2 Å². The number of carboxylic acid groups (broad SMARTS) is 1. The molecule has 9 heteroatoms. The van der Waals surface area contributed by atoms with Crippen LogP contribution in [0.15, 0.2) is 0 Å². The molecule has 0 aliphatic carbocycles. The molecule has 2 unspecified atom stereocenters. The molecule has 0 fully saturated rings. The summed E-state index contributed by atoms with van der Waals surface area (Å²) in [7, 11) is 0. The Hall–Kier alpha value is -2.16. The Balaban J connectivity index is 4.77. The van der Waals surface area contributed by atoms with Gasteiger partial charge in [0.1, 0.15) is 18.6 Å². The Morgan fingerprint density at radius 3 is 2.09 bits per heavy atom. The summed E-state index contributed by atoms with van der Waals surface area (Å²) >= 11 is 0. The Labute approximate surface area is 134 Å². The van der Waals surface area contributed by atoms with Crippen molar-refractivity contribution >= 4 is 23.7 Å². The highest BCUT2D eigenvalue weighted by Crippen LogP contribution is 2.03. The van der Waals surface area contributed by atoms with E-state index in [0.717, 1.165) is 0 Å². The van der Waals surface area contributed by atoms with Gasteiger partial charge in [0.25, 0.3) is 0 Å².